The van der Waals surface area contributed by atoms with Crippen LogP contribution in [0.1, 0.15) is 11.1 Å². The topological polar surface area (TPSA) is 50.8 Å². The normalized spacial score (nSPS) is 10.9. The maximum atomic E-state index is 13.7. The van der Waals surface area contributed by atoms with Gasteiger partial charge in [-0.15, -0.1) is 0 Å². The van der Waals surface area contributed by atoms with E-state index in [1.807, 2.05) is 47.4 Å². The largest absolute Gasteiger partial charge is 0.493 e. The minimum absolute atomic E-state index is 0.176. The molecule has 6 heteroatoms. The number of anilines is 1. The molecular weight excluding hydrogens is 496 g/mol. The molecule has 0 aliphatic rings. The lowest BCUT2D eigenvalue weighted by atomic mass is 9.96. The molecule has 0 heterocycles. The second-order valence-electron chi connectivity index (χ2n) is 9.10. The lowest BCUT2D eigenvalue weighted by molar-refractivity contribution is 0.210. The molecule has 0 unspecified atom stereocenters. The van der Waals surface area contributed by atoms with Gasteiger partial charge in [0.25, 0.3) is 0 Å². The molecule has 5 aromatic rings. The van der Waals surface area contributed by atoms with Crippen LogP contribution >= 0.6 is 11.6 Å². The monoisotopic (exact) mass is 524 g/mol. The Hall–Kier alpha value is -4.22. The van der Waals surface area contributed by atoms with Crippen LogP contribution in [0.25, 0.3) is 21.5 Å². The number of urea groups is 1. The molecule has 5 aromatic carbocycles. The van der Waals surface area contributed by atoms with Gasteiger partial charge in [-0.25, -0.2) is 4.79 Å². The number of carbonyl (C=O) groups is 1. The van der Waals surface area contributed by atoms with E-state index in [0.717, 1.165) is 32.7 Å². The molecule has 0 saturated carbocycles. The average molecular weight is 525 g/mol. The second kappa shape index (κ2) is 11.4. The zero-order valence-electron chi connectivity index (χ0n) is 21.4. The number of ether oxygens (including phenoxy) is 2. The van der Waals surface area contributed by atoms with Crippen LogP contribution in [0.5, 0.6) is 11.5 Å². The van der Waals surface area contributed by atoms with Crippen molar-refractivity contribution in [2.24, 2.45) is 0 Å². The minimum atomic E-state index is -0.176. The fourth-order valence-corrected chi connectivity index (χ4v) is 4.88. The zero-order chi connectivity index (χ0) is 26.5. The van der Waals surface area contributed by atoms with E-state index in [9.17, 15) is 4.79 Å². The van der Waals surface area contributed by atoms with Gasteiger partial charge in [0.1, 0.15) is 0 Å². The Labute approximate surface area is 227 Å². The SMILES string of the molecule is COc1ccc(CCN(Cc2c3ccccc3cc3ccccc23)C(=O)Nc2ccc(Cl)cc2)cc1OC. The number of hydrogen-bond acceptors (Lipinski definition) is 3. The number of methoxy groups -OCH3 is 2. The summed E-state index contributed by atoms with van der Waals surface area (Å²) >= 11 is 6.05. The van der Waals surface area contributed by atoms with E-state index in [1.165, 1.54) is 0 Å². The highest BCUT2D eigenvalue weighted by atomic mass is 35.5. The Bertz CT molecular complexity index is 1530. The van der Waals surface area contributed by atoms with Gasteiger partial charge in [-0.1, -0.05) is 66.2 Å². The predicted octanol–water partition coefficient (Wildman–Crippen LogP) is 7.94. The third-order valence-electron chi connectivity index (χ3n) is 6.73. The Morgan fingerprint density at radius 1 is 0.789 bits per heavy atom. The number of rotatable bonds is 8. The van der Waals surface area contributed by atoms with Gasteiger partial charge in [-0.3, -0.25) is 0 Å². The summed E-state index contributed by atoms with van der Waals surface area (Å²) in [6.45, 7) is 0.959. The van der Waals surface area contributed by atoms with Crippen LogP contribution in [-0.4, -0.2) is 31.7 Å². The van der Waals surface area contributed by atoms with Crippen molar-refractivity contribution < 1.29 is 14.3 Å². The van der Waals surface area contributed by atoms with Gasteiger partial charge in [-0.2, -0.15) is 0 Å². The summed E-state index contributed by atoms with van der Waals surface area (Å²) in [6.07, 6.45) is 0.650. The van der Waals surface area contributed by atoms with Crippen LogP contribution in [-0.2, 0) is 13.0 Å². The van der Waals surface area contributed by atoms with Crippen LogP contribution in [0.4, 0.5) is 10.5 Å². The fraction of sp³-hybridized carbons (Fsp3) is 0.156. The van der Waals surface area contributed by atoms with Crippen molar-refractivity contribution in [1.29, 1.82) is 0 Å². The minimum Gasteiger partial charge on any atom is -0.493 e. The van der Waals surface area contributed by atoms with Crippen molar-refractivity contribution in [3.05, 3.63) is 113 Å². The molecule has 0 aromatic heterocycles. The lowest BCUT2D eigenvalue weighted by Crippen LogP contribution is -2.36. The molecule has 0 bridgehead atoms. The first-order chi connectivity index (χ1) is 18.6. The van der Waals surface area contributed by atoms with E-state index in [2.05, 4.69) is 35.6 Å². The first-order valence-electron chi connectivity index (χ1n) is 12.5. The zero-order valence-corrected chi connectivity index (χ0v) is 22.2. The van der Waals surface area contributed by atoms with Crippen molar-refractivity contribution >= 4 is 44.9 Å². The summed E-state index contributed by atoms with van der Waals surface area (Å²) in [4.78, 5) is 15.5. The fourth-order valence-electron chi connectivity index (χ4n) is 4.76. The number of benzene rings is 5. The molecule has 5 rings (SSSR count). The van der Waals surface area contributed by atoms with Crippen molar-refractivity contribution in [2.75, 3.05) is 26.1 Å². The van der Waals surface area contributed by atoms with Crippen molar-refractivity contribution in [2.45, 2.75) is 13.0 Å². The lowest BCUT2D eigenvalue weighted by Gasteiger charge is -2.25. The Morgan fingerprint density at radius 2 is 1.42 bits per heavy atom. The Morgan fingerprint density at radius 3 is 2.05 bits per heavy atom. The number of nitrogens with one attached hydrogen (secondary N) is 1. The Balaban J connectivity index is 1.50. The number of hydrogen-bond donors (Lipinski definition) is 1. The summed E-state index contributed by atoms with van der Waals surface area (Å²) < 4.78 is 10.9. The summed E-state index contributed by atoms with van der Waals surface area (Å²) in [5, 5.41) is 8.25. The predicted molar refractivity (Wildman–Crippen MR) is 156 cm³/mol. The van der Waals surface area contributed by atoms with E-state index in [4.69, 9.17) is 21.1 Å². The maximum absolute atomic E-state index is 13.7. The summed E-state index contributed by atoms with van der Waals surface area (Å²) in [6, 6.07) is 31.7. The molecule has 0 spiro atoms. The standard InChI is InChI=1S/C32H29ClN2O3/c1-37-30-16-11-22(19-31(30)38-2)17-18-35(32(36)34-26-14-12-25(33)13-15-26)21-29-27-9-5-3-7-23(27)20-24-8-4-6-10-28(24)29/h3-16,19-20H,17-18,21H2,1-2H3,(H,34,36). The summed E-state index contributed by atoms with van der Waals surface area (Å²) in [7, 11) is 3.24. The number of halogens is 1. The van der Waals surface area contributed by atoms with Gasteiger partial charge < -0.3 is 19.7 Å². The molecule has 192 valence electrons. The number of carbonyl (C=O) groups excluding carboxylic acids is 1. The first kappa shape index (κ1) is 25.4. The molecule has 0 radical (unpaired) electrons. The van der Waals surface area contributed by atoms with Gasteiger partial charge in [0.05, 0.1) is 14.2 Å². The summed E-state index contributed by atoms with van der Waals surface area (Å²) in [5.41, 5.74) is 2.87. The molecule has 0 fully saturated rings. The highest BCUT2D eigenvalue weighted by Crippen LogP contribution is 2.31. The van der Waals surface area contributed by atoms with Gasteiger partial charge in [-0.05, 0) is 81.6 Å². The Kier molecular flexibility index (Phi) is 7.66. The highest BCUT2D eigenvalue weighted by Gasteiger charge is 2.18. The average Bonchev–Trinajstić information content (AvgIpc) is 2.95. The van der Waals surface area contributed by atoms with Gasteiger partial charge >= 0.3 is 6.03 Å². The van der Waals surface area contributed by atoms with Crippen LogP contribution in [0.3, 0.4) is 0 Å². The maximum Gasteiger partial charge on any atom is 0.322 e. The van der Waals surface area contributed by atoms with Gasteiger partial charge in [0.2, 0.25) is 0 Å². The van der Waals surface area contributed by atoms with Crippen LogP contribution < -0.4 is 14.8 Å². The van der Waals surface area contributed by atoms with E-state index < -0.39 is 0 Å². The molecule has 0 aliphatic carbocycles. The first-order valence-corrected chi connectivity index (χ1v) is 12.9. The van der Waals surface area contributed by atoms with Crippen molar-refractivity contribution in [3.8, 4) is 11.5 Å². The number of fused-ring (bicyclic) bond motifs is 2. The van der Waals surface area contributed by atoms with Gasteiger partial charge in [0.15, 0.2) is 11.5 Å². The molecular formula is C32H29ClN2O3. The quantitative estimate of drug-likeness (QED) is 0.210. The van der Waals surface area contributed by atoms with E-state index in [1.54, 1.807) is 38.5 Å². The molecule has 38 heavy (non-hydrogen) atoms. The number of amides is 2. The highest BCUT2D eigenvalue weighted by molar-refractivity contribution is 6.30. The number of nitrogens with zero attached hydrogens (tertiary/aromatic N) is 1. The molecule has 0 saturated heterocycles. The van der Waals surface area contributed by atoms with E-state index in [-0.39, 0.29) is 6.03 Å². The van der Waals surface area contributed by atoms with Gasteiger partial charge in [0, 0.05) is 23.8 Å². The van der Waals surface area contributed by atoms with Crippen molar-refractivity contribution in [3.63, 3.8) is 0 Å². The third kappa shape index (κ3) is 5.53. The molecule has 0 aliphatic heterocycles. The smallest absolute Gasteiger partial charge is 0.322 e. The molecule has 2 amide bonds. The molecule has 5 nitrogen and oxygen atoms in total. The van der Waals surface area contributed by atoms with Crippen LogP contribution in [0.15, 0.2) is 97.1 Å². The van der Waals surface area contributed by atoms with E-state index in [0.29, 0.717) is 41.7 Å². The second-order valence-corrected chi connectivity index (χ2v) is 9.53. The molecule has 0 atom stereocenters. The molecule has 1 N–H and O–H groups in total. The van der Waals surface area contributed by atoms with Crippen LogP contribution in [0, 0.1) is 0 Å². The third-order valence-corrected chi connectivity index (χ3v) is 6.98. The summed E-state index contributed by atoms with van der Waals surface area (Å²) in [5.74, 6) is 1.35. The van der Waals surface area contributed by atoms with Crippen LogP contribution in [0.2, 0.25) is 5.02 Å². The van der Waals surface area contributed by atoms with E-state index >= 15 is 0 Å². The van der Waals surface area contributed by atoms with Crippen molar-refractivity contribution in [1.82, 2.24) is 4.90 Å².